The number of ether oxygens (including phenoxy) is 1. The van der Waals surface area contributed by atoms with Gasteiger partial charge in [0.1, 0.15) is 5.75 Å². The summed E-state index contributed by atoms with van der Waals surface area (Å²) < 4.78 is 11.1. The van der Waals surface area contributed by atoms with Crippen molar-refractivity contribution in [3.8, 4) is 5.75 Å². The molecule has 2 rings (SSSR count). The summed E-state index contributed by atoms with van der Waals surface area (Å²) >= 11 is 1.24. The molecule has 2 aromatic rings. The van der Waals surface area contributed by atoms with Crippen molar-refractivity contribution >= 4 is 17.7 Å². The number of amides is 1. The molecule has 0 aliphatic heterocycles. The van der Waals surface area contributed by atoms with E-state index in [1.54, 1.807) is 21.0 Å². The smallest absolute Gasteiger partial charge is 0.277 e. The summed E-state index contributed by atoms with van der Waals surface area (Å²) in [5, 5.41) is 7.94. The van der Waals surface area contributed by atoms with E-state index in [0.29, 0.717) is 11.1 Å². The fourth-order valence-electron chi connectivity index (χ4n) is 1.76. The Morgan fingerprint density at radius 3 is 2.86 bits per heavy atom. The van der Waals surface area contributed by atoms with E-state index in [4.69, 9.17) is 9.15 Å². The molecule has 0 fully saturated rings. The van der Waals surface area contributed by atoms with Crippen molar-refractivity contribution in [2.45, 2.75) is 30.9 Å². The first-order valence-corrected chi connectivity index (χ1v) is 7.73. The molecule has 0 saturated heterocycles. The predicted octanol–water partition coefficient (Wildman–Crippen LogP) is 2.53. The minimum atomic E-state index is -0.277. The lowest BCUT2D eigenvalue weighted by atomic mass is 10.2. The van der Waals surface area contributed by atoms with Gasteiger partial charge in [0.2, 0.25) is 5.91 Å². The summed E-state index contributed by atoms with van der Waals surface area (Å²) in [6, 6.07) is 7.73. The van der Waals surface area contributed by atoms with Crippen LogP contribution in [0.3, 0.4) is 0 Å². The zero-order valence-electron chi connectivity index (χ0n) is 13.1. The average molecular weight is 321 g/mol. The van der Waals surface area contributed by atoms with Gasteiger partial charge in [0.25, 0.3) is 11.1 Å². The second-order valence-corrected chi connectivity index (χ2v) is 6.35. The Labute approximate surface area is 133 Å². The number of aromatic nitrogens is 2. The molecule has 1 aromatic carbocycles. The van der Waals surface area contributed by atoms with Crippen LogP contribution in [0.1, 0.15) is 18.4 Å². The van der Waals surface area contributed by atoms with Crippen LogP contribution in [0.5, 0.6) is 5.75 Å². The molecule has 1 amide bonds. The van der Waals surface area contributed by atoms with E-state index in [-0.39, 0.29) is 17.8 Å². The van der Waals surface area contributed by atoms with Gasteiger partial charge in [-0.1, -0.05) is 23.9 Å². The Hall–Kier alpha value is -2.02. The Kier molecular flexibility index (Phi) is 5.43. The molecule has 0 aliphatic carbocycles. The van der Waals surface area contributed by atoms with E-state index in [2.05, 4.69) is 10.2 Å². The Morgan fingerprint density at radius 2 is 2.18 bits per heavy atom. The standard InChI is InChI=1S/C15H19N3O3S/c1-10-6-5-7-12(8-10)20-9-13-16-17-15(21-13)22-11(2)14(19)18(3)4/h5-8,11H,9H2,1-4H3. The van der Waals surface area contributed by atoms with E-state index < -0.39 is 0 Å². The van der Waals surface area contributed by atoms with Crippen molar-refractivity contribution in [3.05, 3.63) is 35.7 Å². The van der Waals surface area contributed by atoms with Crippen LogP contribution >= 0.6 is 11.8 Å². The minimum absolute atomic E-state index is 0.000704. The van der Waals surface area contributed by atoms with Gasteiger partial charge < -0.3 is 14.1 Å². The summed E-state index contributed by atoms with van der Waals surface area (Å²) in [5.74, 6) is 1.14. The van der Waals surface area contributed by atoms with E-state index >= 15 is 0 Å². The first kappa shape index (κ1) is 16.4. The maximum Gasteiger partial charge on any atom is 0.277 e. The lowest BCUT2D eigenvalue weighted by molar-refractivity contribution is -0.127. The second kappa shape index (κ2) is 7.31. The zero-order valence-corrected chi connectivity index (χ0v) is 13.9. The number of rotatable bonds is 6. The van der Waals surface area contributed by atoms with E-state index in [1.807, 2.05) is 31.2 Å². The maximum absolute atomic E-state index is 11.8. The molecule has 0 spiro atoms. The average Bonchev–Trinajstić information content (AvgIpc) is 2.91. The monoisotopic (exact) mass is 321 g/mol. The number of hydrogen-bond donors (Lipinski definition) is 0. The number of thioether (sulfide) groups is 1. The summed E-state index contributed by atoms with van der Waals surface area (Å²) in [4.78, 5) is 13.3. The molecular formula is C15H19N3O3S. The third-order valence-corrected chi connectivity index (χ3v) is 3.79. The molecule has 22 heavy (non-hydrogen) atoms. The lowest BCUT2D eigenvalue weighted by Crippen LogP contribution is -2.29. The van der Waals surface area contributed by atoms with Gasteiger partial charge in [-0.25, -0.2) is 0 Å². The first-order chi connectivity index (χ1) is 10.5. The molecule has 0 saturated carbocycles. The summed E-state index contributed by atoms with van der Waals surface area (Å²) in [7, 11) is 3.43. The third-order valence-electron chi connectivity index (χ3n) is 2.87. The Bertz CT molecular complexity index is 642. The van der Waals surface area contributed by atoms with Gasteiger partial charge in [-0.2, -0.15) is 0 Å². The van der Waals surface area contributed by atoms with Crippen LogP contribution in [0.4, 0.5) is 0 Å². The molecule has 118 valence electrons. The number of carbonyl (C=O) groups excluding carboxylic acids is 1. The number of aryl methyl sites for hydroxylation is 1. The van der Waals surface area contributed by atoms with E-state index in [0.717, 1.165) is 11.3 Å². The normalized spacial score (nSPS) is 12.0. The van der Waals surface area contributed by atoms with Crippen LogP contribution in [-0.2, 0) is 11.4 Å². The fourth-order valence-corrected chi connectivity index (χ4v) is 2.61. The van der Waals surface area contributed by atoms with Gasteiger partial charge >= 0.3 is 0 Å². The van der Waals surface area contributed by atoms with E-state index in [1.165, 1.54) is 16.7 Å². The highest BCUT2D eigenvalue weighted by atomic mass is 32.2. The van der Waals surface area contributed by atoms with Crippen molar-refractivity contribution in [2.75, 3.05) is 14.1 Å². The number of hydrogen-bond acceptors (Lipinski definition) is 6. The SMILES string of the molecule is Cc1cccc(OCc2nnc(SC(C)C(=O)N(C)C)o2)c1. The Morgan fingerprint density at radius 1 is 1.41 bits per heavy atom. The van der Waals surface area contributed by atoms with Crippen LogP contribution in [0.2, 0.25) is 0 Å². The highest BCUT2D eigenvalue weighted by Gasteiger charge is 2.19. The van der Waals surface area contributed by atoms with Crippen molar-refractivity contribution in [1.29, 1.82) is 0 Å². The molecule has 1 unspecified atom stereocenters. The molecule has 0 aliphatic rings. The highest BCUT2D eigenvalue weighted by Crippen LogP contribution is 2.23. The van der Waals surface area contributed by atoms with Gasteiger partial charge in [-0.15, -0.1) is 10.2 Å². The number of nitrogens with zero attached hydrogens (tertiary/aromatic N) is 3. The molecule has 1 aromatic heterocycles. The van der Waals surface area contributed by atoms with Gasteiger partial charge in [0, 0.05) is 14.1 Å². The van der Waals surface area contributed by atoms with Crippen LogP contribution in [0.15, 0.2) is 33.9 Å². The van der Waals surface area contributed by atoms with Gasteiger partial charge in [-0.05, 0) is 31.5 Å². The molecule has 0 N–H and O–H groups in total. The van der Waals surface area contributed by atoms with E-state index in [9.17, 15) is 4.79 Å². The van der Waals surface area contributed by atoms with Crippen LogP contribution in [0.25, 0.3) is 0 Å². The quantitative estimate of drug-likeness (QED) is 0.762. The van der Waals surface area contributed by atoms with Gasteiger partial charge in [0.05, 0.1) is 5.25 Å². The number of benzene rings is 1. The van der Waals surface area contributed by atoms with Crippen LogP contribution in [-0.4, -0.2) is 40.3 Å². The first-order valence-electron chi connectivity index (χ1n) is 6.85. The minimum Gasteiger partial charge on any atom is -0.484 e. The predicted molar refractivity (Wildman–Crippen MR) is 83.8 cm³/mol. The zero-order chi connectivity index (χ0) is 16.1. The molecule has 1 atom stereocenters. The van der Waals surface area contributed by atoms with Gasteiger partial charge in [0.15, 0.2) is 6.61 Å². The maximum atomic E-state index is 11.8. The molecule has 1 heterocycles. The van der Waals surface area contributed by atoms with Crippen molar-refractivity contribution in [1.82, 2.24) is 15.1 Å². The summed E-state index contributed by atoms with van der Waals surface area (Å²) in [6.45, 7) is 4.00. The van der Waals surface area contributed by atoms with Crippen molar-refractivity contribution in [3.63, 3.8) is 0 Å². The van der Waals surface area contributed by atoms with Crippen LogP contribution < -0.4 is 4.74 Å². The largest absolute Gasteiger partial charge is 0.484 e. The summed E-state index contributed by atoms with van der Waals surface area (Å²) in [5.41, 5.74) is 1.12. The second-order valence-electron chi connectivity index (χ2n) is 5.06. The van der Waals surface area contributed by atoms with Crippen molar-refractivity contribution < 1.29 is 13.9 Å². The topological polar surface area (TPSA) is 68.5 Å². The molecule has 7 heteroatoms. The highest BCUT2D eigenvalue weighted by molar-refractivity contribution is 8.00. The van der Waals surface area contributed by atoms with Gasteiger partial charge in [-0.3, -0.25) is 4.79 Å². The molecule has 6 nitrogen and oxygen atoms in total. The Balaban J connectivity index is 1.90. The summed E-state index contributed by atoms with van der Waals surface area (Å²) in [6.07, 6.45) is 0. The van der Waals surface area contributed by atoms with Crippen molar-refractivity contribution in [2.24, 2.45) is 0 Å². The molecule has 0 radical (unpaired) electrons. The molecular weight excluding hydrogens is 302 g/mol. The fraction of sp³-hybridized carbons (Fsp3) is 0.400. The third kappa shape index (κ3) is 4.49. The molecule has 0 bridgehead atoms. The number of carbonyl (C=O) groups is 1. The lowest BCUT2D eigenvalue weighted by Gasteiger charge is -2.14. The van der Waals surface area contributed by atoms with Crippen LogP contribution in [0, 0.1) is 6.92 Å².